The number of aryl methyl sites for hydroxylation is 2. The van der Waals surface area contributed by atoms with E-state index in [-0.39, 0.29) is 36.9 Å². The van der Waals surface area contributed by atoms with Crippen molar-refractivity contribution >= 4 is 15.8 Å². The Morgan fingerprint density at radius 3 is 0.867 bits per heavy atom. The Labute approximate surface area is 300 Å². The van der Waals surface area contributed by atoms with Gasteiger partial charge in [0.2, 0.25) is 0 Å². The van der Waals surface area contributed by atoms with Gasteiger partial charge in [-0.3, -0.25) is 11.8 Å². The molecule has 0 saturated carbocycles. The van der Waals surface area contributed by atoms with Crippen molar-refractivity contribution in [2.24, 2.45) is 0 Å². The Morgan fingerprint density at radius 1 is 0.467 bits per heavy atom. The molecular weight excluding hydrogens is 761 g/mol. The Hall–Kier alpha value is -0.892. The van der Waals surface area contributed by atoms with E-state index in [1.807, 2.05) is 62.4 Å². The predicted molar refractivity (Wildman–Crippen MR) is 210 cm³/mol. The quantitative estimate of drug-likeness (QED) is 0.0797. The summed E-state index contributed by atoms with van der Waals surface area (Å²) in [5, 5.41) is 0. The fraction of sp³-hybridized carbons (Fsp3) is 0.619. The summed E-state index contributed by atoms with van der Waals surface area (Å²) in [4.78, 5) is 0. The standard InChI is InChI=1S/2C12H27P.2C9H7.Pt/c2*1-4-7-10-13(11-8-5-2)12-9-6-3;2*1-3-9-6-4-5-8(2)7-9;/h2*4-12H2,1-3H3;2*4-7H,2H3;/q;;2*-1;+2/p+2. The summed E-state index contributed by atoms with van der Waals surface area (Å²) < 4.78 is 0. The molecular formula is C42H70P2Pt+2. The molecule has 2 rings (SSSR count). The van der Waals surface area contributed by atoms with Crippen LogP contribution < -0.4 is 0 Å². The summed E-state index contributed by atoms with van der Waals surface area (Å²) >= 11 is 0. The van der Waals surface area contributed by atoms with Gasteiger partial charge >= 0.3 is 21.1 Å². The zero-order chi connectivity index (χ0) is 33.3. The van der Waals surface area contributed by atoms with Crippen molar-refractivity contribution in [1.29, 1.82) is 0 Å². The molecule has 0 saturated heterocycles. The van der Waals surface area contributed by atoms with Crippen LogP contribution in [-0.2, 0) is 21.1 Å². The van der Waals surface area contributed by atoms with E-state index in [0.717, 1.165) is 11.1 Å². The molecule has 0 N–H and O–H groups in total. The van der Waals surface area contributed by atoms with Crippen LogP contribution in [0.2, 0.25) is 0 Å². The summed E-state index contributed by atoms with van der Waals surface area (Å²) in [6, 6.07) is 15.4. The van der Waals surface area contributed by atoms with E-state index in [2.05, 4.69) is 53.4 Å². The first kappa shape index (κ1) is 48.5. The van der Waals surface area contributed by atoms with Crippen molar-refractivity contribution in [2.75, 3.05) is 37.0 Å². The van der Waals surface area contributed by atoms with Crippen LogP contribution in [0.25, 0.3) is 0 Å². The Bertz CT molecular complexity index is 854. The monoisotopic (exact) mass is 831 g/mol. The number of hydrogen-bond donors (Lipinski definition) is 0. The van der Waals surface area contributed by atoms with Gasteiger partial charge in [0.05, 0.1) is 37.0 Å². The normalized spacial score (nSPS) is 9.78. The average Bonchev–Trinajstić information content (AvgIpc) is 3.05. The summed E-state index contributed by atoms with van der Waals surface area (Å²) in [7, 11) is 0.135. The maximum Gasteiger partial charge on any atom is 2.00 e. The molecule has 256 valence electrons. The first-order valence-corrected chi connectivity index (χ1v) is 22.2. The molecule has 0 aromatic heterocycles. The fourth-order valence-corrected chi connectivity index (χ4v) is 11.4. The van der Waals surface area contributed by atoms with Gasteiger partial charge in [0, 0.05) is 15.8 Å². The van der Waals surface area contributed by atoms with Crippen LogP contribution in [0.1, 0.15) is 141 Å². The van der Waals surface area contributed by atoms with Gasteiger partial charge < -0.3 is 12.8 Å². The van der Waals surface area contributed by atoms with Crippen molar-refractivity contribution in [3.63, 3.8) is 0 Å². The van der Waals surface area contributed by atoms with E-state index >= 15 is 0 Å². The van der Waals surface area contributed by atoms with Crippen molar-refractivity contribution in [1.82, 2.24) is 0 Å². The molecule has 0 heterocycles. The van der Waals surface area contributed by atoms with E-state index in [9.17, 15) is 0 Å². The molecule has 0 spiro atoms. The maximum absolute atomic E-state index is 6.79. The maximum atomic E-state index is 6.79. The zero-order valence-electron chi connectivity index (χ0n) is 30.7. The molecule has 0 amide bonds. The molecule has 2 aromatic rings. The van der Waals surface area contributed by atoms with E-state index in [1.165, 1.54) is 88.2 Å². The van der Waals surface area contributed by atoms with E-state index in [0.29, 0.717) is 0 Å². The zero-order valence-corrected chi connectivity index (χ0v) is 34.9. The minimum Gasteiger partial charge on any atom is -0.366 e. The Morgan fingerprint density at radius 2 is 0.711 bits per heavy atom. The van der Waals surface area contributed by atoms with Crippen LogP contribution in [0.4, 0.5) is 0 Å². The average molecular weight is 832 g/mol. The van der Waals surface area contributed by atoms with Gasteiger partial charge in [-0.2, -0.15) is 0 Å². The molecule has 2 aromatic carbocycles. The van der Waals surface area contributed by atoms with Crippen molar-refractivity contribution in [2.45, 2.75) is 132 Å². The minimum atomic E-state index is 0. The van der Waals surface area contributed by atoms with Gasteiger partial charge in [-0.15, -0.1) is 35.4 Å². The predicted octanol–water partition coefficient (Wildman–Crippen LogP) is 13.1. The largest absolute Gasteiger partial charge is 2.00 e. The van der Waals surface area contributed by atoms with E-state index < -0.39 is 0 Å². The summed E-state index contributed by atoms with van der Waals surface area (Å²) in [5.74, 6) is 4.64. The van der Waals surface area contributed by atoms with Crippen molar-refractivity contribution in [3.8, 4) is 11.8 Å². The Kier molecular flexibility index (Phi) is 40.5. The second-order valence-corrected chi connectivity index (χ2v) is 18.1. The molecule has 0 radical (unpaired) electrons. The molecule has 3 heteroatoms. The van der Waals surface area contributed by atoms with E-state index in [1.54, 1.807) is 37.0 Å². The summed E-state index contributed by atoms with van der Waals surface area (Å²) in [5.41, 5.74) is 4.03. The van der Waals surface area contributed by atoms with Crippen LogP contribution in [0, 0.1) is 38.5 Å². The number of rotatable bonds is 18. The molecule has 45 heavy (non-hydrogen) atoms. The molecule has 0 aliphatic heterocycles. The van der Waals surface area contributed by atoms with Gasteiger partial charge in [0.25, 0.3) is 0 Å². The van der Waals surface area contributed by atoms with Crippen LogP contribution in [-0.4, -0.2) is 37.0 Å². The smallest absolute Gasteiger partial charge is 0.366 e. The molecule has 0 aliphatic carbocycles. The number of hydrogen-bond acceptors (Lipinski definition) is 0. The molecule has 0 atom stereocenters. The second-order valence-electron chi connectivity index (χ2n) is 12.1. The first-order valence-electron chi connectivity index (χ1n) is 18.0. The van der Waals surface area contributed by atoms with E-state index in [4.69, 9.17) is 12.8 Å². The van der Waals surface area contributed by atoms with Crippen LogP contribution in [0.3, 0.4) is 0 Å². The van der Waals surface area contributed by atoms with Gasteiger partial charge in [0.15, 0.2) is 0 Å². The second kappa shape index (κ2) is 37.6. The van der Waals surface area contributed by atoms with Crippen molar-refractivity contribution < 1.29 is 21.1 Å². The van der Waals surface area contributed by atoms with Gasteiger partial charge in [-0.05, 0) is 52.4 Å². The molecule has 0 bridgehead atoms. The Balaban J connectivity index is -0.000000525. The molecule has 0 unspecified atom stereocenters. The molecule has 0 aliphatic rings. The third kappa shape index (κ3) is 32.8. The van der Waals surface area contributed by atoms with Gasteiger partial charge in [-0.1, -0.05) is 115 Å². The topological polar surface area (TPSA) is 0 Å². The number of benzene rings is 2. The van der Waals surface area contributed by atoms with Gasteiger partial charge in [-0.25, -0.2) is 0 Å². The van der Waals surface area contributed by atoms with Crippen LogP contribution >= 0.6 is 15.8 Å². The summed E-state index contributed by atoms with van der Waals surface area (Å²) in [6.07, 6.45) is 40.4. The van der Waals surface area contributed by atoms with Gasteiger partial charge in [0.1, 0.15) is 0 Å². The van der Waals surface area contributed by atoms with Crippen molar-refractivity contribution in [3.05, 3.63) is 83.6 Å². The first-order chi connectivity index (χ1) is 21.3. The molecule has 0 fully saturated rings. The third-order valence-corrected chi connectivity index (χ3v) is 14.0. The number of unbranched alkanes of at least 4 members (excludes halogenated alkanes) is 6. The summed E-state index contributed by atoms with van der Waals surface area (Å²) in [6.45, 7) is 17.9. The van der Waals surface area contributed by atoms with Crippen LogP contribution in [0.5, 0.6) is 0 Å². The third-order valence-electron chi connectivity index (χ3n) is 7.63. The molecule has 0 nitrogen and oxygen atoms in total. The van der Waals surface area contributed by atoms with Crippen LogP contribution in [0.15, 0.2) is 48.5 Å². The SMILES string of the molecule is CCCC[PH+](CCCC)CCCC.CCCC[PH+](CCCC)CCCC.[C-]#Cc1cccc(C)c1.[C-]#Cc1cccc(C)c1.[Pt+2]. The fourth-order valence-electron chi connectivity index (χ4n) is 4.76. The minimum absolute atomic E-state index is 0.